The molecule has 7 aromatic carbocycles. The normalized spacial score (nSPS) is 11.8. The number of nitrogens with zero attached hydrogens (tertiary/aromatic N) is 5. The first kappa shape index (κ1) is 30.2. The topological polar surface area (TPSA) is 51.5 Å². The smallest absolute Gasteiger partial charge is 0.0991 e. The van der Waals surface area contributed by atoms with Crippen molar-refractivity contribution < 1.29 is 0 Å². The molecule has 0 N–H and O–H groups in total. The van der Waals surface area contributed by atoms with Crippen LogP contribution >= 0.6 is 0 Å². The Bertz CT molecular complexity index is 3300. The maximum Gasteiger partial charge on any atom is 0.0991 e. The fourth-order valence-corrected chi connectivity index (χ4v) is 8.71. The van der Waals surface area contributed by atoms with Gasteiger partial charge in [0.25, 0.3) is 0 Å². The molecule has 0 saturated heterocycles. The summed E-state index contributed by atoms with van der Waals surface area (Å²) < 4.78 is 7.14. The number of hydrogen-bond acceptors (Lipinski definition) is 2. The highest BCUT2D eigenvalue weighted by Crippen LogP contribution is 2.41. The van der Waals surface area contributed by atoms with E-state index >= 15 is 0 Å². The summed E-state index contributed by atoms with van der Waals surface area (Å²) in [5.41, 5.74) is 13.8. The van der Waals surface area contributed by atoms with Crippen LogP contribution in [0.4, 0.5) is 0 Å². The van der Waals surface area contributed by atoms with Gasteiger partial charge in [-0.15, -0.1) is 0 Å². The van der Waals surface area contributed by atoms with Crippen LogP contribution < -0.4 is 0 Å². The lowest BCUT2D eigenvalue weighted by molar-refractivity contribution is 1.11. The van der Waals surface area contributed by atoms with Gasteiger partial charge in [-0.3, -0.25) is 4.98 Å². The molecule has 0 saturated carbocycles. The lowest BCUT2D eigenvalue weighted by Gasteiger charge is -2.19. The highest BCUT2D eigenvalue weighted by atomic mass is 15.0. The van der Waals surface area contributed by atoms with Crippen LogP contribution in [-0.4, -0.2) is 18.7 Å². The third kappa shape index (κ3) is 4.28. The molecule has 5 nitrogen and oxygen atoms in total. The first-order valence-electron chi connectivity index (χ1n) is 18.2. The van der Waals surface area contributed by atoms with Crippen molar-refractivity contribution in [1.29, 1.82) is 5.26 Å². The lowest BCUT2D eigenvalue weighted by Crippen LogP contribution is -2.04. The molecule has 11 rings (SSSR count). The molecule has 5 heteroatoms. The van der Waals surface area contributed by atoms with Gasteiger partial charge >= 0.3 is 0 Å². The number of fused-ring (bicyclic) bond motifs is 9. The molecule has 4 heterocycles. The first-order valence-corrected chi connectivity index (χ1v) is 18.2. The molecule has 252 valence electrons. The van der Waals surface area contributed by atoms with Gasteiger partial charge < -0.3 is 13.7 Å². The van der Waals surface area contributed by atoms with Crippen molar-refractivity contribution in [2.24, 2.45) is 0 Å². The Morgan fingerprint density at radius 2 is 0.944 bits per heavy atom. The van der Waals surface area contributed by atoms with Gasteiger partial charge in [0.15, 0.2) is 0 Å². The van der Waals surface area contributed by atoms with E-state index in [1.165, 1.54) is 32.6 Å². The fourth-order valence-electron chi connectivity index (χ4n) is 8.71. The van der Waals surface area contributed by atoms with Gasteiger partial charge in [0, 0.05) is 55.5 Å². The molecule has 0 spiro atoms. The third-order valence-corrected chi connectivity index (χ3v) is 11.1. The number of hydrogen-bond donors (Lipinski definition) is 0. The monoisotopic (exact) mass is 689 g/mol. The van der Waals surface area contributed by atoms with Crippen molar-refractivity contribution in [3.63, 3.8) is 0 Å². The Morgan fingerprint density at radius 1 is 0.444 bits per heavy atom. The average Bonchev–Trinajstić information content (AvgIpc) is 3.86. The predicted octanol–water partition coefficient (Wildman–Crippen LogP) is 12.2. The summed E-state index contributed by atoms with van der Waals surface area (Å²) >= 11 is 0. The summed E-state index contributed by atoms with van der Waals surface area (Å²) in [5, 5.41) is 16.9. The molecule has 0 aliphatic rings. The predicted molar refractivity (Wildman–Crippen MR) is 222 cm³/mol. The van der Waals surface area contributed by atoms with Crippen LogP contribution in [-0.2, 0) is 0 Å². The number of rotatable bonds is 4. The minimum absolute atomic E-state index is 0.649. The fraction of sp³-hybridized carbons (Fsp3) is 0.0204. The second-order valence-corrected chi connectivity index (χ2v) is 14.0. The molecule has 0 aliphatic heterocycles. The third-order valence-electron chi connectivity index (χ3n) is 11.1. The summed E-state index contributed by atoms with van der Waals surface area (Å²) in [7, 11) is 0. The molecule has 0 fully saturated rings. The summed E-state index contributed by atoms with van der Waals surface area (Å²) in [4.78, 5) is 4.86. The van der Waals surface area contributed by atoms with Crippen LogP contribution in [0.15, 0.2) is 170 Å². The highest BCUT2D eigenvalue weighted by molar-refractivity contribution is 6.13. The molecule has 0 radical (unpaired) electrons. The summed E-state index contributed by atoms with van der Waals surface area (Å²) in [6.07, 6.45) is 1.86. The molecule has 0 unspecified atom stereocenters. The van der Waals surface area contributed by atoms with Gasteiger partial charge in [-0.1, -0.05) is 78.9 Å². The second kappa shape index (κ2) is 11.5. The number of benzene rings is 7. The minimum Gasteiger partial charge on any atom is -0.309 e. The molecule has 0 amide bonds. The summed E-state index contributed by atoms with van der Waals surface area (Å²) in [6.45, 7) is 2.19. The Labute approximate surface area is 310 Å². The van der Waals surface area contributed by atoms with Crippen molar-refractivity contribution in [3.05, 3.63) is 181 Å². The van der Waals surface area contributed by atoms with E-state index in [0.29, 0.717) is 5.56 Å². The molecule has 11 aromatic rings. The molecule has 0 aliphatic carbocycles. The highest BCUT2D eigenvalue weighted by Gasteiger charge is 2.21. The van der Waals surface area contributed by atoms with E-state index in [2.05, 4.69) is 172 Å². The molecule has 0 bridgehead atoms. The quantitative estimate of drug-likeness (QED) is 0.185. The molecule has 4 aromatic heterocycles. The van der Waals surface area contributed by atoms with Crippen LogP contribution in [0.3, 0.4) is 0 Å². The van der Waals surface area contributed by atoms with E-state index in [9.17, 15) is 5.26 Å². The van der Waals surface area contributed by atoms with E-state index in [-0.39, 0.29) is 0 Å². The van der Waals surface area contributed by atoms with Crippen molar-refractivity contribution in [2.75, 3.05) is 0 Å². The number of nitriles is 1. The van der Waals surface area contributed by atoms with Crippen LogP contribution in [0.2, 0.25) is 0 Å². The standard InChI is InChI=1S/C49H31N5/c1-31-39(42-16-10-11-25-51-42)28-34(29-49(31)54-46-20-9-5-14-37(46)40-26-32(30-50)21-23-48(40)54)53-45-19-8-4-15-38(45)41-27-33(22-24-47(41)53)52-43-17-6-2-12-35(43)36-13-3-7-18-44(36)52/h2-29H,1H3. The van der Waals surface area contributed by atoms with Crippen LogP contribution in [0.5, 0.6) is 0 Å². The summed E-state index contributed by atoms with van der Waals surface area (Å²) in [5.74, 6) is 0. The minimum atomic E-state index is 0.649. The van der Waals surface area contributed by atoms with E-state index in [1.807, 2.05) is 24.4 Å². The van der Waals surface area contributed by atoms with Crippen LogP contribution in [0.1, 0.15) is 11.1 Å². The lowest BCUT2D eigenvalue weighted by atomic mass is 10.0. The Balaban J connectivity index is 1.22. The van der Waals surface area contributed by atoms with E-state index in [4.69, 9.17) is 4.98 Å². The van der Waals surface area contributed by atoms with Gasteiger partial charge in [-0.05, 0) is 97.4 Å². The second-order valence-electron chi connectivity index (χ2n) is 14.0. The molecule has 0 atom stereocenters. The van der Waals surface area contributed by atoms with Gasteiger partial charge in [0.1, 0.15) is 0 Å². The van der Waals surface area contributed by atoms with E-state index in [0.717, 1.165) is 66.7 Å². The largest absolute Gasteiger partial charge is 0.309 e. The van der Waals surface area contributed by atoms with E-state index in [1.54, 1.807) is 0 Å². The van der Waals surface area contributed by atoms with Gasteiger partial charge in [-0.2, -0.15) is 5.26 Å². The molecular weight excluding hydrogens is 659 g/mol. The van der Waals surface area contributed by atoms with E-state index < -0.39 is 0 Å². The van der Waals surface area contributed by atoms with Crippen molar-refractivity contribution in [3.8, 4) is 34.4 Å². The van der Waals surface area contributed by atoms with Gasteiger partial charge in [-0.25, -0.2) is 0 Å². The number of aromatic nitrogens is 4. The molecule has 54 heavy (non-hydrogen) atoms. The van der Waals surface area contributed by atoms with Crippen molar-refractivity contribution in [2.45, 2.75) is 6.92 Å². The Morgan fingerprint density at radius 3 is 1.56 bits per heavy atom. The molecular formula is C49H31N5. The van der Waals surface area contributed by atoms with Gasteiger partial charge in [0.05, 0.1) is 56.1 Å². The first-order chi connectivity index (χ1) is 26.7. The zero-order valence-electron chi connectivity index (χ0n) is 29.4. The SMILES string of the molecule is Cc1c(-c2ccccn2)cc(-n2c3ccccc3c3cc(-n4c5ccccc5c5ccccc54)ccc32)cc1-n1c2ccccc2c2cc(C#N)ccc21. The zero-order valence-corrected chi connectivity index (χ0v) is 29.4. The van der Waals surface area contributed by atoms with Crippen molar-refractivity contribution >= 4 is 65.4 Å². The average molecular weight is 690 g/mol. The maximum absolute atomic E-state index is 9.81. The van der Waals surface area contributed by atoms with Gasteiger partial charge in [0.2, 0.25) is 0 Å². The maximum atomic E-state index is 9.81. The zero-order chi connectivity index (χ0) is 35.9. The van der Waals surface area contributed by atoms with Crippen LogP contribution in [0.25, 0.3) is 93.7 Å². The Kier molecular flexibility index (Phi) is 6.46. The number of para-hydroxylation sites is 4. The summed E-state index contributed by atoms with van der Waals surface area (Å²) in [6, 6.07) is 60.5. The van der Waals surface area contributed by atoms with Crippen LogP contribution in [0, 0.1) is 18.3 Å². The van der Waals surface area contributed by atoms with Crippen molar-refractivity contribution in [1.82, 2.24) is 18.7 Å². The Hall–Kier alpha value is -7.42. The number of pyridine rings is 1.